The van der Waals surface area contributed by atoms with Gasteiger partial charge in [0.25, 0.3) is 0 Å². The lowest BCUT2D eigenvalue weighted by molar-refractivity contribution is -0.113. The molecule has 0 aromatic heterocycles. The molecule has 23 heavy (non-hydrogen) atoms. The fraction of sp³-hybridized carbons (Fsp3) is 0.105. The summed E-state index contributed by atoms with van der Waals surface area (Å²) in [6.45, 7) is 0. The van der Waals surface area contributed by atoms with Crippen molar-refractivity contribution in [1.29, 1.82) is 0 Å². The second kappa shape index (κ2) is 7.29. The van der Waals surface area contributed by atoms with Crippen LogP contribution in [0, 0.1) is 5.82 Å². The number of hydrogen-bond donors (Lipinski definition) is 1. The van der Waals surface area contributed by atoms with Gasteiger partial charge in [0, 0.05) is 5.75 Å². The van der Waals surface area contributed by atoms with Crippen molar-refractivity contribution in [1.82, 2.24) is 0 Å². The van der Waals surface area contributed by atoms with Crippen molar-refractivity contribution < 1.29 is 9.18 Å². The van der Waals surface area contributed by atoms with Crippen LogP contribution in [0.15, 0.2) is 66.7 Å². The van der Waals surface area contributed by atoms with Crippen LogP contribution in [0.2, 0.25) is 0 Å². The summed E-state index contributed by atoms with van der Waals surface area (Å²) in [6, 6.07) is 20.6. The summed E-state index contributed by atoms with van der Waals surface area (Å²) in [4.78, 5) is 11.9. The molecule has 3 aromatic carbocycles. The third-order valence-electron chi connectivity index (χ3n) is 3.52. The lowest BCUT2D eigenvalue weighted by Gasteiger charge is -2.08. The van der Waals surface area contributed by atoms with Gasteiger partial charge in [-0.3, -0.25) is 4.79 Å². The van der Waals surface area contributed by atoms with Gasteiger partial charge < -0.3 is 5.32 Å². The molecule has 0 fully saturated rings. The molecule has 0 spiro atoms. The van der Waals surface area contributed by atoms with E-state index in [1.807, 2.05) is 18.2 Å². The highest BCUT2D eigenvalue weighted by Crippen LogP contribution is 2.23. The summed E-state index contributed by atoms with van der Waals surface area (Å²) in [5, 5.41) is 5.00. The van der Waals surface area contributed by atoms with E-state index in [4.69, 9.17) is 0 Å². The quantitative estimate of drug-likeness (QED) is 0.726. The zero-order valence-electron chi connectivity index (χ0n) is 12.5. The largest absolute Gasteiger partial charge is 0.323 e. The van der Waals surface area contributed by atoms with Crippen LogP contribution < -0.4 is 5.32 Å². The number of amides is 1. The first-order valence-corrected chi connectivity index (χ1v) is 8.48. The predicted octanol–water partition coefficient (Wildman–Crippen LogP) is 4.85. The minimum atomic E-state index is -0.417. The maximum absolute atomic E-state index is 13.5. The highest BCUT2D eigenvalue weighted by Gasteiger charge is 2.07. The molecule has 0 aliphatic heterocycles. The maximum atomic E-state index is 13.5. The van der Waals surface area contributed by atoms with Gasteiger partial charge in [0.1, 0.15) is 5.82 Å². The first kappa shape index (κ1) is 15.6. The molecule has 0 aliphatic rings. The molecule has 0 unspecified atom stereocenters. The summed E-state index contributed by atoms with van der Waals surface area (Å²) in [6.07, 6.45) is 0. The standard InChI is InChI=1S/C19H16FNOS/c20-17-10-3-4-11-18(17)21-19(22)13-23-12-15-8-5-7-14-6-1-2-9-16(14)15/h1-11H,12-13H2,(H,21,22). The van der Waals surface area contributed by atoms with E-state index in [0.29, 0.717) is 0 Å². The van der Waals surface area contributed by atoms with Gasteiger partial charge in [-0.1, -0.05) is 54.6 Å². The second-order valence-electron chi connectivity index (χ2n) is 5.16. The van der Waals surface area contributed by atoms with Crippen LogP contribution in [0.1, 0.15) is 5.56 Å². The van der Waals surface area contributed by atoms with Crippen LogP contribution >= 0.6 is 11.8 Å². The van der Waals surface area contributed by atoms with Gasteiger partial charge in [0.2, 0.25) is 5.91 Å². The Morgan fingerprint density at radius 2 is 1.70 bits per heavy atom. The SMILES string of the molecule is O=C(CSCc1cccc2ccccc12)Nc1ccccc1F. The zero-order valence-corrected chi connectivity index (χ0v) is 13.3. The highest BCUT2D eigenvalue weighted by molar-refractivity contribution is 7.99. The topological polar surface area (TPSA) is 29.1 Å². The molecule has 0 radical (unpaired) electrons. The van der Waals surface area contributed by atoms with Crippen molar-refractivity contribution in [3.05, 3.63) is 78.1 Å². The summed E-state index contributed by atoms with van der Waals surface area (Å²) in [5.74, 6) is 0.420. The van der Waals surface area contributed by atoms with Crippen molar-refractivity contribution in [3.63, 3.8) is 0 Å². The van der Waals surface area contributed by atoms with E-state index in [1.54, 1.807) is 18.2 Å². The van der Waals surface area contributed by atoms with Crippen LogP contribution in [-0.4, -0.2) is 11.7 Å². The number of thioether (sulfide) groups is 1. The number of benzene rings is 3. The minimum absolute atomic E-state index is 0.194. The normalized spacial score (nSPS) is 10.7. The van der Waals surface area contributed by atoms with Crippen LogP contribution in [0.4, 0.5) is 10.1 Å². The highest BCUT2D eigenvalue weighted by atomic mass is 32.2. The van der Waals surface area contributed by atoms with E-state index >= 15 is 0 Å². The Morgan fingerprint density at radius 3 is 2.57 bits per heavy atom. The van der Waals surface area contributed by atoms with Gasteiger partial charge >= 0.3 is 0 Å². The number of fused-ring (bicyclic) bond motifs is 1. The average Bonchev–Trinajstić information content (AvgIpc) is 2.57. The summed E-state index contributed by atoms with van der Waals surface area (Å²) in [5.41, 5.74) is 1.43. The second-order valence-corrected chi connectivity index (χ2v) is 6.14. The Bertz CT molecular complexity index is 829. The van der Waals surface area contributed by atoms with Crippen LogP contribution in [0.25, 0.3) is 10.8 Å². The van der Waals surface area contributed by atoms with Crippen molar-refractivity contribution in [2.75, 3.05) is 11.1 Å². The summed E-state index contributed by atoms with van der Waals surface area (Å²) >= 11 is 1.52. The van der Waals surface area contributed by atoms with Gasteiger partial charge in [0.15, 0.2) is 0 Å². The summed E-state index contributed by atoms with van der Waals surface area (Å²) < 4.78 is 13.5. The van der Waals surface area contributed by atoms with Crippen molar-refractivity contribution >= 4 is 34.1 Å². The molecule has 116 valence electrons. The zero-order chi connectivity index (χ0) is 16.1. The third-order valence-corrected chi connectivity index (χ3v) is 4.50. The fourth-order valence-corrected chi connectivity index (χ4v) is 3.25. The van der Waals surface area contributed by atoms with Crippen molar-refractivity contribution in [2.45, 2.75) is 5.75 Å². The molecule has 0 saturated carbocycles. The molecule has 0 atom stereocenters. The Hall–Kier alpha value is -2.33. The predicted molar refractivity (Wildman–Crippen MR) is 95.1 cm³/mol. The van der Waals surface area contributed by atoms with Gasteiger partial charge in [-0.2, -0.15) is 0 Å². The van der Waals surface area contributed by atoms with E-state index < -0.39 is 5.82 Å². The average molecular weight is 325 g/mol. The molecule has 4 heteroatoms. The van der Waals surface area contributed by atoms with E-state index in [1.165, 1.54) is 34.2 Å². The molecule has 0 saturated heterocycles. The number of nitrogens with one attached hydrogen (secondary N) is 1. The molecule has 0 bridgehead atoms. The number of anilines is 1. The minimum Gasteiger partial charge on any atom is -0.323 e. The van der Waals surface area contributed by atoms with Gasteiger partial charge in [-0.25, -0.2) is 4.39 Å². The Balaban J connectivity index is 1.58. The Kier molecular flexibility index (Phi) is 4.93. The van der Waals surface area contributed by atoms with E-state index in [-0.39, 0.29) is 17.3 Å². The number of hydrogen-bond acceptors (Lipinski definition) is 2. The maximum Gasteiger partial charge on any atom is 0.234 e. The van der Waals surface area contributed by atoms with Crippen LogP contribution in [0.5, 0.6) is 0 Å². The number of carbonyl (C=O) groups excluding carboxylic acids is 1. The van der Waals surface area contributed by atoms with Crippen molar-refractivity contribution in [3.8, 4) is 0 Å². The van der Waals surface area contributed by atoms with E-state index in [2.05, 4.69) is 29.6 Å². The monoisotopic (exact) mass is 325 g/mol. The third kappa shape index (κ3) is 3.90. The fourth-order valence-electron chi connectivity index (χ4n) is 2.42. The first-order chi connectivity index (χ1) is 11.2. The van der Waals surface area contributed by atoms with Crippen molar-refractivity contribution in [2.24, 2.45) is 0 Å². The number of carbonyl (C=O) groups is 1. The Morgan fingerprint density at radius 1 is 0.957 bits per heavy atom. The van der Waals surface area contributed by atoms with Gasteiger partial charge in [-0.15, -0.1) is 11.8 Å². The molecule has 3 rings (SSSR count). The molecular weight excluding hydrogens is 309 g/mol. The first-order valence-electron chi connectivity index (χ1n) is 7.33. The Labute approximate surface area is 138 Å². The molecule has 1 amide bonds. The van der Waals surface area contributed by atoms with Crippen LogP contribution in [-0.2, 0) is 10.5 Å². The van der Waals surface area contributed by atoms with E-state index in [9.17, 15) is 9.18 Å². The van der Waals surface area contributed by atoms with Gasteiger partial charge in [0.05, 0.1) is 11.4 Å². The number of para-hydroxylation sites is 1. The molecular formula is C19H16FNOS. The molecule has 0 aliphatic carbocycles. The van der Waals surface area contributed by atoms with E-state index in [0.717, 1.165) is 5.75 Å². The number of rotatable bonds is 5. The smallest absolute Gasteiger partial charge is 0.234 e. The van der Waals surface area contributed by atoms with Gasteiger partial charge in [-0.05, 0) is 28.5 Å². The molecule has 0 heterocycles. The number of halogens is 1. The lowest BCUT2D eigenvalue weighted by Crippen LogP contribution is -2.15. The molecule has 1 N–H and O–H groups in total. The molecule has 3 aromatic rings. The lowest BCUT2D eigenvalue weighted by atomic mass is 10.1. The summed E-state index contributed by atoms with van der Waals surface area (Å²) in [7, 11) is 0. The molecule has 2 nitrogen and oxygen atoms in total. The van der Waals surface area contributed by atoms with Crippen LogP contribution in [0.3, 0.4) is 0 Å².